The van der Waals surface area contributed by atoms with Crippen LogP contribution in [-0.4, -0.2) is 5.91 Å². The second-order valence-corrected chi connectivity index (χ2v) is 6.32. The molecule has 0 aromatic heterocycles. The number of nitrogens with one attached hydrogen (secondary N) is 1. The first-order chi connectivity index (χ1) is 10.0. The maximum absolute atomic E-state index is 12.7. The van der Waals surface area contributed by atoms with Gasteiger partial charge in [0, 0.05) is 15.7 Å². The molecule has 1 fully saturated rings. The van der Waals surface area contributed by atoms with Crippen molar-refractivity contribution in [1.29, 1.82) is 0 Å². The zero-order chi connectivity index (χ0) is 15.0. The highest BCUT2D eigenvalue weighted by molar-refractivity contribution is 6.32. The number of hydrogen-bond donors (Lipinski definition) is 1. The van der Waals surface area contributed by atoms with E-state index in [1.165, 1.54) is 0 Å². The summed E-state index contributed by atoms with van der Waals surface area (Å²) in [5, 5.41) is 4.25. The topological polar surface area (TPSA) is 29.1 Å². The standard InChI is InChI=1S/C17H15Cl2NO/c1-11-6-7-12(18)10-15(11)20-16(21)17(8-9-17)13-4-2-3-5-14(13)19/h2-7,10H,8-9H2,1H3,(H,20,21). The number of rotatable bonds is 3. The van der Waals surface area contributed by atoms with Crippen LogP contribution in [0.25, 0.3) is 0 Å². The Morgan fingerprint density at radius 3 is 2.52 bits per heavy atom. The first-order valence-corrected chi connectivity index (χ1v) is 7.61. The summed E-state index contributed by atoms with van der Waals surface area (Å²) in [6.07, 6.45) is 1.64. The van der Waals surface area contributed by atoms with Gasteiger partial charge in [-0.25, -0.2) is 0 Å². The highest BCUT2D eigenvalue weighted by atomic mass is 35.5. The highest BCUT2D eigenvalue weighted by Gasteiger charge is 2.52. The lowest BCUT2D eigenvalue weighted by Gasteiger charge is -2.18. The van der Waals surface area contributed by atoms with Crippen molar-refractivity contribution in [3.05, 3.63) is 63.6 Å². The van der Waals surface area contributed by atoms with Crippen LogP contribution in [0.1, 0.15) is 24.0 Å². The Bertz CT molecular complexity index is 708. The molecule has 2 aromatic carbocycles. The van der Waals surface area contributed by atoms with Gasteiger partial charge in [0.2, 0.25) is 5.91 Å². The van der Waals surface area contributed by atoms with Crippen LogP contribution >= 0.6 is 23.2 Å². The molecule has 0 aliphatic heterocycles. The third-order valence-corrected chi connectivity index (χ3v) is 4.59. The molecule has 0 spiro atoms. The number of carbonyl (C=O) groups excluding carboxylic acids is 1. The molecule has 1 amide bonds. The van der Waals surface area contributed by atoms with Crippen LogP contribution in [0.5, 0.6) is 0 Å². The maximum atomic E-state index is 12.7. The molecule has 1 aliphatic rings. The Labute approximate surface area is 134 Å². The first kappa shape index (κ1) is 14.4. The minimum Gasteiger partial charge on any atom is -0.325 e. The van der Waals surface area contributed by atoms with Gasteiger partial charge in [-0.15, -0.1) is 0 Å². The van der Waals surface area contributed by atoms with Crippen LogP contribution in [-0.2, 0) is 10.2 Å². The second kappa shape index (κ2) is 5.36. The third-order valence-electron chi connectivity index (χ3n) is 4.02. The summed E-state index contributed by atoms with van der Waals surface area (Å²) < 4.78 is 0. The molecule has 1 N–H and O–H groups in total. The molecular weight excluding hydrogens is 305 g/mol. The van der Waals surface area contributed by atoms with Crippen LogP contribution in [0.15, 0.2) is 42.5 Å². The van der Waals surface area contributed by atoms with E-state index < -0.39 is 5.41 Å². The molecule has 0 unspecified atom stereocenters. The van der Waals surface area contributed by atoms with Gasteiger partial charge in [-0.2, -0.15) is 0 Å². The number of anilines is 1. The highest BCUT2D eigenvalue weighted by Crippen LogP contribution is 2.51. The van der Waals surface area contributed by atoms with E-state index in [1.807, 2.05) is 43.3 Å². The van der Waals surface area contributed by atoms with Crippen molar-refractivity contribution in [3.8, 4) is 0 Å². The normalized spacial score (nSPS) is 15.6. The first-order valence-electron chi connectivity index (χ1n) is 6.85. The van der Waals surface area contributed by atoms with Gasteiger partial charge in [-0.05, 0) is 49.1 Å². The van der Waals surface area contributed by atoms with E-state index in [2.05, 4.69) is 5.32 Å². The fraction of sp³-hybridized carbons (Fsp3) is 0.235. The van der Waals surface area contributed by atoms with Gasteiger partial charge in [0.15, 0.2) is 0 Å². The Morgan fingerprint density at radius 2 is 1.86 bits per heavy atom. The molecule has 21 heavy (non-hydrogen) atoms. The smallest absolute Gasteiger partial charge is 0.235 e. The van der Waals surface area contributed by atoms with Gasteiger partial charge in [-0.1, -0.05) is 47.5 Å². The predicted molar refractivity (Wildman–Crippen MR) is 87.2 cm³/mol. The van der Waals surface area contributed by atoms with Gasteiger partial charge >= 0.3 is 0 Å². The lowest BCUT2D eigenvalue weighted by molar-refractivity contribution is -0.118. The monoisotopic (exact) mass is 319 g/mol. The quantitative estimate of drug-likeness (QED) is 0.850. The van der Waals surface area contributed by atoms with E-state index in [4.69, 9.17) is 23.2 Å². The van der Waals surface area contributed by atoms with E-state index in [9.17, 15) is 4.79 Å². The molecule has 0 radical (unpaired) electrons. The fourth-order valence-corrected chi connectivity index (χ4v) is 3.05. The summed E-state index contributed by atoms with van der Waals surface area (Å²) in [5.41, 5.74) is 2.16. The van der Waals surface area contributed by atoms with Crippen molar-refractivity contribution in [2.75, 3.05) is 5.32 Å². The van der Waals surface area contributed by atoms with Crippen LogP contribution in [0, 0.1) is 6.92 Å². The lowest BCUT2D eigenvalue weighted by atomic mass is 9.94. The minimum absolute atomic E-state index is 0.0130. The third kappa shape index (κ3) is 2.66. The van der Waals surface area contributed by atoms with E-state index in [1.54, 1.807) is 6.07 Å². The SMILES string of the molecule is Cc1ccc(Cl)cc1NC(=O)C1(c2ccccc2Cl)CC1. The fourth-order valence-electron chi connectivity index (χ4n) is 2.56. The van der Waals surface area contributed by atoms with Crippen molar-refractivity contribution in [2.45, 2.75) is 25.2 Å². The van der Waals surface area contributed by atoms with Crippen LogP contribution in [0.2, 0.25) is 10.0 Å². The molecule has 0 atom stereocenters. The Morgan fingerprint density at radius 1 is 1.14 bits per heavy atom. The summed E-state index contributed by atoms with van der Waals surface area (Å²) in [6, 6.07) is 13.0. The van der Waals surface area contributed by atoms with Crippen LogP contribution in [0.4, 0.5) is 5.69 Å². The molecule has 1 aliphatic carbocycles. The molecule has 1 saturated carbocycles. The maximum Gasteiger partial charge on any atom is 0.235 e. The minimum atomic E-state index is -0.493. The van der Waals surface area contributed by atoms with Crippen molar-refractivity contribution < 1.29 is 4.79 Å². The molecule has 3 rings (SSSR count). The number of amides is 1. The van der Waals surface area contributed by atoms with Gasteiger partial charge in [0.1, 0.15) is 0 Å². The van der Waals surface area contributed by atoms with Crippen molar-refractivity contribution in [1.82, 2.24) is 0 Å². The number of carbonyl (C=O) groups is 1. The average molecular weight is 320 g/mol. The van der Waals surface area contributed by atoms with E-state index >= 15 is 0 Å². The molecule has 2 nitrogen and oxygen atoms in total. The van der Waals surface area contributed by atoms with Crippen LogP contribution < -0.4 is 5.32 Å². The van der Waals surface area contributed by atoms with Crippen LogP contribution in [0.3, 0.4) is 0 Å². The largest absolute Gasteiger partial charge is 0.325 e. The summed E-state index contributed by atoms with van der Waals surface area (Å²) in [5.74, 6) is -0.0130. The van der Waals surface area contributed by atoms with Gasteiger partial charge in [0.05, 0.1) is 5.41 Å². The summed E-state index contributed by atoms with van der Waals surface area (Å²) in [4.78, 5) is 12.7. The van der Waals surface area contributed by atoms with Crippen molar-refractivity contribution in [2.24, 2.45) is 0 Å². The number of benzene rings is 2. The Balaban J connectivity index is 1.89. The Hall–Kier alpha value is -1.51. The summed E-state index contributed by atoms with van der Waals surface area (Å²) in [7, 11) is 0. The van der Waals surface area contributed by atoms with Crippen molar-refractivity contribution >= 4 is 34.8 Å². The molecule has 0 bridgehead atoms. The molecule has 0 heterocycles. The molecule has 2 aromatic rings. The molecule has 4 heteroatoms. The number of aryl methyl sites for hydroxylation is 1. The van der Waals surface area contributed by atoms with Gasteiger partial charge < -0.3 is 5.32 Å². The van der Waals surface area contributed by atoms with Gasteiger partial charge in [-0.3, -0.25) is 4.79 Å². The zero-order valence-corrected chi connectivity index (χ0v) is 13.1. The predicted octanol–water partition coefficient (Wildman–Crippen LogP) is 4.97. The summed E-state index contributed by atoms with van der Waals surface area (Å²) >= 11 is 12.3. The number of halogens is 2. The van der Waals surface area contributed by atoms with E-state index in [-0.39, 0.29) is 5.91 Å². The molecule has 108 valence electrons. The summed E-state index contributed by atoms with van der Waals surface area (Å²) in [6.45, 7) is 1.95. The Kier molecular flexibility index (Phi) is 3.68. The molecule has 0 saturated heterocycles. The van der Waals surface area contributed by atoms with Gasteiger partial charge in [0.25, 0.3) is 0 Å². The zero-order valence-electron chi connectivity index (χ0n) is 11.6. The molecular formula is C17H15Cl2NO. The van der Waals surface area contributed by atoms with Crippen molar-refractivity contribution in [3.63, 3.8) is 0 Å². The van der Waals surface area contributed by atoms with E-state index in [0.717, 1.165) is 29.7 Å². The second-order valence-electron chi connectivity index (χ2n) is 5.48. The average Bonchev–Trinajstić information content (AvgIpc) is 3.25. The number of hydrogen-bond acceptors (Lipinski definition) is 1. The van der Waals surface area contributed by atoms with E-state index in [0.29, 0.717) is 10.0 Å². The lowest BCUT2D eigenvalue weighted by Crippen LogP contribution is -2.28.